The Morgan fingerprint density at radius 3 is 1.60 bits per heavy atom. The largest absolute Gasteiger partial charge is 0.381 e. The Hall–Kier alpha value is -0.180. The van der Waals surface area contributed by atoms with Gasteiger partial charge < -0.3 is 4.74 Å². The van der Waals surface area contributed by atoms with E-state index in [1.165, 1.54) is 0 Å². The van der Waals surface area contributed by atoms with Crippen LogP contribution in [0.4, 0.5) is 8.78 Å². The van der Waals surface area contributed by atoms with Crippen molar-refractivity contribution in [2.75, 3.05) is 27.1 Å². The average molecular weight is 232 g/mol. The van der Waals surface area contributed by atoms with Crippen molar-refractivity contribution in [2.45, 2.75) is 55.9 Å². The van der Waals surface area contributed by atoms with Crippen molar-refractivity contribution in [3.8, 4) is 0 Å². The molecule has 0 fully saturated rings. The normalized spacial score (nSPS) is 6.40. The van der Waals surface area contributed by atoms with E-state index >= 15 is 0 Å². The molecule has 0 spiro atoms. The van der Waals surface area contributed by atoms with E-state index in [0.717, 1.165) is 19.4 Å². The summed E-state index contributed by atoms with van der Waals surface area (Å²) >= 11 is 0. The van der Waals surface area contributed by atoms with Crippen molar-refractivity contribution in [3.63, 3.8) is 0 Å². The van der Waals surface area contributed by atoms with Gasteiger partial charge in [-0.05, 0) is 12.8 Å². The van der Waals surface area contributed by atoms with Gasteiger partial charge in [0, 0.05) is 13.2 Å². The second kappa shape index (κ2) is 48.8. The van der Waals surface area contributed by atoms with E-state index in [0.29, 0.717) is 20.2 Å². The fraction of sp³-hybridized carbons (Fsp3) is 1.00. The third-order valence-electron chi connectivity index (χ3n) is 1.06. The number of rotatable bonds is 6. The molecule has 0 heterocycles. The van der Waals surface area contributed by atoms with Crippen LogP contribution in [0.5, 0.6) is 0 Å². The first kappa shape index (κ1) is 36.4. The number of unbranched alkanes of at least 4 members (excludes halogenated alkanes) is 1. The minimum atomic E-state index is -0.258. The van der Waals surface area contributed by atoms with Crippen LogP contribution in [0.15, 0.2) is 0 Å². The van der Waals surface area contributed by atoms with Crippen LogP contribution < -0.4 is 0 Å². The van der Waals surface area contributed by atoms with Gasteiger partial charge in [-0.15, -0.1) is 0 Å². The van der Waals surface area contributed by atoms with Crippen molar-refractivity contribution in [3.05, 3.63) is 0 Å². The van der Waals surface area contributed by atoms with Crippen LogP contribution in [0.3, 0.4) is 0 Å². The monoisotopic (exact) mass is 232 g/mol. The zero-order valence-corrected chi connectivity index (χ0v) is 7.41. The maximum absolute atomic E-state index is 11.4. The van der Waals surface area contributed by atoms with Crippen LogP contribution in [0.25, 0.3) is 0 Å². The lowest BCUT2D eigenvalue weighted by Crippen LogP contribution is -1.96. The Morgan fingerprint density at radius 2 is 1.27 bits per heavy atom. The predicted octanol–water partition coefficient (Wildman–Crippen LogP) is 5.29. The van der Waals surface area contributed by atoms with E-state index in [4.69, 9.17) is 4.74 Å². The summed E-state index contributed by atoms with van der Waals surface area (Å²) in [5, 5.41) is 0. The summed E-state index contributed by atoms with van der Waals surface area (Å²) in [5.41, 5.74) is 0. The molecule has 1 nitrogen and oxygen atoms in total. The number of ether oxygens (including phenoxy) is 1. The molecule has 0 atom stereocenters. The molecule has 0 saturated carbocycles. The lowest BCUT2D eigenvalue weighted by molar-refractivity contribution is 0.124. The summed E-state index contributed by atoms with van der Waals surface area (Å²) in [4.78, 5) is 0. The van der Waals surface area contributed by atoms with Crippen LogP contribution in [-0.2, 0) is 4.74 Å². The molecule has 0 rings (SSSR count). The van der Waals surface area contributed by atoms with Gasteiger partial charge in [-0.2, -0.15) is 0 Å². The van der Waals surface area contributed by atoms with Crippen LogP contribution in [0.2, 0.25) is 0 Å². The second-order valence-corrected chi connectivity index (χ2v) is 2.01. The third-order valence-corrected chi connectivity index (χ3v) is 1.06. The molecule has 0 saturated heterocycles. The Morgan fingerprint density at radius 1 is 0.867 bits per heavy atom. The summed E-state index contributed by atoms with van der Waals surface area (Å²) in [7, 11) is 0.500. The van der Waals surface area contributed by atoms with Gasteiger partial charge in [-0.3, -0.25) is 8.78 Å². The topological polar surface area (TPSA) is 9.23 Å². The van der Waals surface area contributed by atoms with Gasteiger partial charge in [0.05, 0.1) is 13.9 Å². The fourth-order valence-corrected chi connectivity index (χ4v) is 0.505. The van der Waals surface area contributed by atoms with Crippen LogP contribution in [0.1, 0.15) is 55.9 Å². The molecule has 0 aromatic rings. The van der Waals surface area contributed by atoms with Gasteiger partial charge in [0.15, 0.2) is 0 Å². The molecule has 0 aliphatic heterocycles. The summed E-state index contributed by atoms with van der Waals surface area (Å²) in [6.45, 7) is 3.22. The Kier molecular flexibility index (Phi) is 118. The highest BCUT2D eigenvalue weighted by Crippen LogP contribution is 1.89. The number of hydrogen-bond donors (Lipinski definition) is 0. The molecular formula is C12H34F2O. The Labute approximate surface area is 97.2 Å². The summed E-state index contributed by atoms with van der Waals surface area (Å²) in [6, 6.07) is 0. The van der Waals surface area contributed by atoms with E-state index in [2.05, 4.69) is 6.92 Å². The molecule has 3 heteroatoms. The van der Waals surface area contributed by atoms with Crippen molar-refractivity contribution >= 4 is 0 Å². The van der Waals surface area contributed by atoms with Gasteiger partial charge >= 0.3 is 0 Å². The molecule has 0 radical (unpaired) electrons. The number of alkyl halides is 2. The van der Waals surface area contributed by atoms with Gasteiger partial charge in [0.1, 0.15) is 0 Å². The number of hydrogen-bond acceptors (Lipinski definition) is 1. The smallest absolute Gasteiger partial charge is 0.0916 e. The van der Waals surface area contributed by atoms with Crippen LogP contribution in [-0.4, -0.2) is 27.1 Å². The SMILES string of the molecule is C.C.C.C.CCCCOCCCF.CF. The van der Waals surface area contributed by atoms with Crippen LogP contribution >= 0.6 is 0 Å². The zero-order valence-electron chi connectivity index (χ0n) is 7.41. The lowest BCUT2D eigenvalue weighted by Gasteiger charge is -1.98. The van der Waals surface area contributed by atoms with Crippen molar-refractivity contribution < 1.29 is 13.5 Å². The van der Waals surface area contributed by atoms with E-state index in [9.17, 15) is 8.78 Å². The van der Waals surface area contributed by atoms with E-state index in [1.54, 1.807) is 0 Å². The summed E-state index contributed by atoms with van der Waals surface area (Å²) < 4.78 is 26.0. The molecule has 102 valence electrons. The lowest BCUT2D eigenvalue weighted by atomic mass is 10.4. The van der Waals surface area contributed by atoms with E-state index in [1.807, 2.05) is 0 Å². The fourth-order valence-electron chi connectivity index (χ4n) is 0.505. The maximum Gasteiger partial charge on any atom is 0.0916 e. The molecule has 0 aromatic carbocycles. The van der Waals surface area contributed by atoms with Gasteiger partial charge in [0.2, 0.25) is 0 Å². The quantitative estimate of drug-likeness (QED) is 0.565. The van der Waals surface area contributed by atoms with Gasteiger partial charge in [-0.25, -0.2) is 0 Å². The first-order valence-electron chi connectivity index (χ1n) is 3.93. The van der Waals surface area contributed by atoms with Crippen molar-refractivity contribution in [1.29, 1.82) is 0 Å². The molecule has 0 bridgehead atoms. The minimum absolute atomic E-state index is 0. The molecule has 0 aromatic heterocycles. The van der Waals surface area contributed by atoms with Crippen LogP contribution in [0, 0.1) is 0 Å². The molecule has 0 aliphatic carbocycles. The summed E-state index contributed by atoms with van der Waals surface area (Å²) in [6.07, 6.45) is 2.78. The highest BCUT2D eigenvalue weighted by atomic mass is 19.1. The second-order valence-electron chi connectivity index (χ2n) is 2.01. The Bertz CT molecular complexity index is 46.9. The zero-order chi connectivity index (χ0) is 8.95. The average Bonchev–Trinajstić information content (AvgIpc) is 2.08. The highest BCUT2D eigenvalue weighted by molar-refractivity contribution is 4.34. The third kappa shape index (κ3) is 57.0. The molecule has 0 amide bonds. The number of halogens is 2. The van der Waals surface area contributed by atoms with E-state index in [-0.39, 0.29) is 36.4 Å². The van der Waals surface area contributed by atoms with Gasteiger partial charge in [-0.1, -0.05) is 43.1 Å². The van der Waals surface area contributed by atoms with Crippen molar-refractivity contribution in [2.24, 2.45) is 0 Å². The molecule has 0 unspecified atom stereocenters. The summed E-state index contributed by atoms with van der Waals surface area (Å²) in [5.74, 6) is 0. The van der Waals surface area contributed by atoms with E-state index < -0.39 is 0 Å². The first-order valence-corrected chi connectivity index (χ1v) is 3.93. The molecule has 0 N–H and O–H groups in total. The predicted molar refractivity (Wildman–Crippen MR) is 70.3 cm³/mol. The molecule has 15 heavy (non-hydrogen) atoms. The Balaban J connectivity index is -0.0000000317. The van der Waals surface area contributed by atoms with Gasteiger partial charge in [0.25, 0.3) is 0 Å². The standard InChI is InChI=1S/C7H15FO.CH3F.4CH4/c1-2-3-6-9-7-4-5-8;1-2;;;;/h2-7H2,1H3;1H3;4*1H4. The highest BCUT2D eigenvalue weighted by Gasteiger charge is 1.85. The minimum Gasteiger partial charge on any atom is -0.381 e. The first-order chi connectivity index (χ1) is 5.41. The molecule has 0 aliphatic rings. The molecular weight excluding hydrogens is 198 g/mol. The van der Waals surface area contributed by atoms with Crippen molar-refractivity contribution in [1.82, 2.24) is 0 Å². The maximum atomic E-state index is 11.4.